The first-order valence-corrected chi connectivity index (χ1v) is 21.6. The van der Waals surface area contributed by atoms with Crippen molar-refractivity contribution in [1.82, 2.24) is 29.1 Å². The standard InChI is InChI=1S/C45H48ClF3N6O6S/c1-5-28(34(6-2)59-26-31-15-16-50-42(52-31)30-11-8-12-32(23-30)61-45(47,48)49)24-36(44(56)57)60-43-39-37(62-53-43)25-51-41(29-9-7-10-29)38(39)33-13-14-35(40(46)27(33)3)58-22-21-55-19-17-54(4)18-20-55/h5-6,8,11-12,15-16,23,25,29,36H,1-2,7,9-10,13-14,17-22,24,26H2,3-4H3,(H,56,57)/b34-28-/t36-/m1/s1. The number of aromatic nitrogens is 4. The number of carboxylic acid groups (broad SMARTS) is 1. The Kier molecular flexibility index (Phi) is 14.3. The van der Waals surface area contributed by atoms with Crippen LogP contribution in [-0.2, 0) is 20.9 Å². The molecule has 62 heavy (non-hydrogen) atoms. The van der Waals surface area contributed by atoms with Crippen molar-refractivity contribution in [1.29, 1.82) is 0 Å². The molecule has 0 bridgehead atoms. The van der Waals surface area contributed by atoms with E-state index in [1.54, 1.807) is 18.3 Å². The molecule has 3 aromatic heterocycles. The van der Waals surface area contributed by atoms with Gasteiger partial charge in [-0.3, -0.25) is 9.88 Å². The van der Waals surface area contributed by atoms with E-state index in [1.807, 2.05) is 6.92 Å². The molecular weight excluding hydrogens is 845 g/mol. The van der Waals surface area contributed by atoms with Gasteiger partial charge in [0, 0.05) is 75.0 Å². The number of carbonyl (C=O) groups is 1. The Morgan fingerprint density at radius 1 is 1.11 bits per heavy atom. The summed E-state index contributed by atoms with van der Waals surface area (Å²) in [4.78, 5) is 31.2. The number of allylic oxidation sites excluding steroid dienone is 6. The van der Waals surface area contributed by atoms with E-state index in [4.69, 9.17) is 30.8 Å². The molecule has 328 valence electrons. The quantitative estimate of drug-likeness (QED) is 0.0754. The van der Waals surface area contributed by atoms with Gasteiger partial charge < -0.3 is 29.0 Å². The molecule has 1 saturated carbocycles. The van der Waals surface area contributed by atoms with Gasteiger partial charge in [-0.2, -0.15) is 4.37 Å². The molecule has 2 fully saturated rings. The fraction of sp³-hybridized carbons (Fsp3) is 0.400. The van der Waals surface area contributed by atoms with Crippen molar-refractivity contribution in [3.63, 3.8) is 0 Å². The highest BCUT2D eigenvalue weighted by atomic mass is 35.5. The summed E-state index contributed by atoms with van der Waals surface area (Å²) >= 11 is 8.28. The van der Waals surface area contributed by atoms with Gasteiger partial charge in [-0.05, 0) is 85.8 Å². The predicted octanol–water partition coefficient (Wildman–Crippen LogP) is 9.66. The summed E-state index contributed by atoms with van der Waals surface area (Å²) in [5.41, 5.74) is 4.83. The van der Waals surface area contributed by atoms with Gasteiger partial charge in [0.1, 0.15) is 30.5 Å². The molecule has 4 heterocycles. The number of piperazine rings is 1. The summed E-state index contributed by atoms with van der Waals surface area (Å²) in [5.74, 6) is -0.0434. The average Bonchev–Trinajstić information content (AvgIpc) is 3.64. The van der Waals surface area contributed by atoms with Crippen molar-refractivity contribution in [2.24, 2.45) is 0 Å². The lowest BCUT2D eigenvalue weighted by atomic mass is 9.77. The number of nitrogens with zero attached hydrogens (tertiary/aromatic N) is 6. The number of rotatable bonds is 18. The van der Waals surface area contributed by atoms with Crippen LogP contribution in [0.1, 0.15) is 68.3 Å². The Morgan fingerprint density at radius 2 is 1.90 bits per heavy atom. The van der Waals surface area contributed by atoms with Crippen molar-refractivity contribution in [2.75, 3.05) is 46.4 Å². The van der Waals surface area contributed by atoms with Crippen molar-refractivity contribution < 1.29 is 42.0 Å². The number of aliphatic carboxylic acids is 1. The molecule has 0 spiro atoms. The van der Waals surface area contributed by atoms with Crippen molar-refractivity contribution in [2.45, 2.75) is 70.4 Å². The third-order valence-electron chi connectivity index (χ3n) is 11.3. The fourth-order valence-electron chi connectivity index (χ4n) is 7.68. The minimum absolute atomic E-state index is 0.100. The van der Waals surface area contributed by atoms with Gasteiger partial charge in [-0.25, -0.2) is 14.8 Å². The molecule has 1 atom stereocenters. The first kappa shape index (κ1) is 44.8. The number of hydrogen-bond donors (Lipinski definition) is 1. The van der Waals surface area contributed by atoms with Gasteiger partial charge in [0.05, 0.1) is 26.5 Å². The van der Waals surface area contributed by atoms with Crippen LogP contribution in [-0.4, -0.2) is 99.0 Å². The minimum atomic E-state index is -4.85. The summed E-state index contributed by atoms with van der Waals surface area (Å²) in [6.07, 6.45) is 4.09. The number of halogens is 4. The zero-order chi connectivity index (χ0) is 44.0. The summed E-state index contributed by atoms with van der Waals surface area (Å²) in [6, 6.07) is 6.92. The Morgan fingerprint density at radius 3 is 2.60 bits per heavy atom. The summed E-state index contributed by atoms with van der Waals surface area (Å²) < 4.78 is 66.6. The SMILES string of the molecule is C=C/C(C[C@@H](Oc1nsc2cnc(C3CCC3)c(C3=C(C)C(Cl)=C(OCCN4CCN(C)CC4)CC3)c12)C(=O)O)=C(\C=C)OCc1ccnc(-c2cccc(OC(F)(F)F)c2)n1. The van der Waals surface area contributed by atoms with E-state index in [1.165, 1.54) is 48.1 Å². The molecule has 7 rings (SSSR count). The molecule has 12 nitrogen and oxygen atoms in total. The van der Waals surface area contributed by atoms with Crippen LogP contribution in [0.25, 0.3) is 27.0 Å². The van der Waals surface area contributed by atoms with Crippen LogP contribution in [0.5, 0.6) is 11.6 Å². The number of ether oxygens (including phenoxy) is 4. The summed E-state index contributed by atoms with van der Waals surface area (Å²) in [5, 5.41) is 11.8. The van der Waals surface area contributed by atoms with Gasteiger partial charge in [-0.1, -0.05) is 49.4 Å². The van der Waals surface area contributed by atoms with Crippen LogP contribution in [0, 0.1) is 0 Å². The molecule has 0 unspecified atom stereocenters. The van der Waals surface area contributed by atoms with Crippen LogP contribution in [0.3, 0.4) is 0 Å². The normalized spacial score (nSPS) is 17.6. The van der Waals surface area contributed by atoms with Crippen LogP contribution < -0.4 is 9.47 Å². The predicted molar refractivity (Wildman–Crippen MR) is 232 cm³/mol. The summed E-state index contributed by atoms with van der Waals surface area (Å²) in [7, 11) is 2.14. The molecule has 4 aromatic rings. The fourth-order valence-corrected chi connectivity index (χ4v) is 8.64. The molecular formula is C45H48ClF3N6O6S. The van der Waals surface area contributed by atoms with Crippen molar-refractivity contribution >= 4 is 44.8 Å². The number of likely N-dealkylation sites (N-methyl/N-ethyl adjacent to an activating group) is 1. The van der Waals surface area contributed by atoms with E-state index in [2.05, 4.69) is 49.1 Å². The second kappa shape index (κ2) is 19.8. The number of benzene rings is 1. The highest BCUT2D eigenvalue weighted by molar-refractivity contribution is 7.13. The van der Waals surface area contributed by atoms with Crippen molar-refractivity contribution in [3.8, 4) is 23.0 Å². The zero-order valence-electron chi connectivity index (χ0n) is 34.5. The lowest BCUT2D eigenvalue weighted by Gasteiger charge is -2.32. The number of carboxylic acids is 1. The van der Waals surface area contributed by atoms with Crippen molar-refractivity contribution in [3.05, 3.63) is 113 Å². The number of alkyl halides is 3. The minimum Gasteiger partial charge on any atom is -0.495 e. The lowest BCUT2D eigenvalue weighted by molar-refractivity contribution is -0.274. The van der Waals surface area contributed by atoms with Crippen LogP contribution in [0.4, 0.5) is 13.2 Å². The van der Waals surface area contributed by atoms with E-state index in [-0.39, 0.29) is 36.4 Å². The van der Waals surface area contributed by atoms with E-state index in [0.29, 0.717) is 46.7 Å². The lowest BCUT2D eigenvalue weighted by Crippen LogP contribution is -2.45. The van der Waals surface area contributed by atoms with E-state index >= 15 is 0 Å². The molecule has 1 saturated heterocycles. The molecule has 0 radical (unpaired) electrons. The molecule has 1 aromatic carbocycles. The average molecular weight is 893 g/mol. The Hall–Kier alpha value is -5.29. The van der Waals surface area contributed by atoms with Gasteiger partial charge in [-0.15, -0.1) is 13.2 Å². The largest absolute Gasteiger partial charge is 0.573 e. The molecule has 0 amide bonds. The van der Waals surface area contributed by atoms with Gasteiger partial charge in [0.15, 0.2) is 5.82 Å². The maximum Gasteiger partial charge on any atom is 0.573 e. The van der Waals surface area contributed by atoms with Gasteiger partial charge in [0.2, 0.25) is 12.0 Å². The maximum atomic E-state index is 12.9. The number of fused-ring (bicyclic) bond motifs is 1. The molecule has 1 aliphatic heterocycles. The van der Waals surface area contributed by atoms with E-state index < -0.39 is 24.2 Å². The van der Waals surface area contributed by atoms with Gasteiger partial charge in [0.25, 0.3) is 0 Å². The zero-order valence-corrected chi connectivity index (χ0v) is 36.1. The topological polar surface area (TPSA) is 132 Å². The third-order valence-corrected chi connectivity index (χ3v) is 12.6. The van der Waals surface area contributed by atoms with Crippen LogP contribution in [0.15, 0.2) is 95.7 Å². The highest BCUT2D eigenvalue weighted by Crippen LogP contribution is 2.48. The number of pyridine rings is 1. The van der Waals surface area contributed by atoms with E-state index in [9.17, 15) is 23.1 Å². The smallest absolute Gasteiger partial charge is 0.495 e. The van der Waals surface area contributed by atoms with Gasteiger partial charge >= 0.3 is 12.3 Å². The monoisotopic (exact) mass is 892 g/mol. The third kappa shape index (κ3) is 10.7. The highest BCUT2D eigenvalue weighted by Gasteiger charge is 2.34. The molecule has 2 aliphatic carbocycles. The number of hydrogen-bond acceptors (Lipinski definition) is 12. The Bertz CT molecular complexity index is 2410. The second-order valence-corrected chi connectivity index (χ2v) is 16.6. The van der Waals surface area contributed by atoms with Crippen LogP contribution in [0.2, 0.25) is 0 Å². The van der Waals surface area contributed by atoms with E-state index in [0.717, 1.165) is 84.8 Å². The molecule has 17 heteroatoms. The molecule has 3 aliphatic rings. The Balaban J connectivity index is 1.12. The maximum absolute atomic E-state index is 12.9. The second-order valence-electron chi connectivity index (χ2n) is 15.4. The summed E-state index contributed by atoms with van der Waals surface area (Å²) in [6.45, 7) is 15.1. The first-order valence-electron chi connectivity index (χ1n) is 20.4. The Labute approximate surface area is 367 Å². The van der Waals surface area contributed by atoms with Crippen LogP contribution >= 0.6 is 23.1 Å². The first-order chi connectivity index (χ1) is 29.8. The molecule has 1 N–H and O–H groups in total.